The first-order valence-corrected chi connectivity index (χ1v) is 6.51. The lowest BCUT2D eigenvalue weighted by molar-refractivity contribution is -0.0140. The Kier molecular flexibility index (Phi) is 4.85. The van der Waals surface area contributed by atoms with Crippen molar-refractivity contribution >= 4 is 0 Å². The van der Waals surface area contributed by atoms with E-state index in [1.54, 1.807) is 19.1 Å². The lowest BCUT2D eigenvalue weighted by Crippen LogP contribution is -2.32. The Morgan fingerprint density at radius 3 is 2.06 bits per heavy atom. The molecule has 0 aliphatic rings. The van der Waals surface area contributed by atoms with Gasteiger partial charge in [-0.15, -0.1) is 0 Å². The number of benzene rings is 1. The summed E-state index contributed by atoms with van der Waals surface area (Å²) in [6.07, 6.45) is 2.05. The summed E-state index contributed by atoms with van der Waals surface area (Å²) in [5.41, 5.74) is 6.86. The largest absolute Gasteiger partial charge is 0.326 e. The molecule has 1 aromatic rings. The number of halogens is 2. The van der Waals surface area contributed by atoms with E-state index >= 15 is 0 Å². The van der Waals surface area contributed by atoms with Crippen LogP contribution < -0.4 is 5.73 Å². The lowest BCUT2D eigenvalue weighted by Gasteiger charge is -2.19. The highest BCUT2D eigenvalue weighted by atomic mass is 19.3. The van der Waals surface area contributed by atoms with Crippen LogP contribution in [0.3, 0.4) is 0 Å². The SMILES string of the molecule is CCCC(F)(F)c1ccc(CCC(C)(C)N)cc1. The van der Waals surface area contributed by atoms with Gasteiger partial charge >= 0.3 is 0 Å². The molecule has 0 radical (unpaired) electrons. The number of rotatable bonds is 6. The monoisotopic (exact) mass is 255 g/mol. The van der Waals surface area contributed by atoms with Crippen LogP contribution in [0.4, 0.5) is 8.78 Å². The van der Waals surface area contributed by atoms with Gasteiger partial charge in [-0.3, -0.25) is 0 Å². The molecule has 18 heavy (non-hydrogen) atoms. The van der Waals surface area contributed by atoms with E-state index in [1.807, 2.05) is 13.8 Å². The van der Waals surface area contributed by atoms with Crippen molar-refractivity contribution in [3.05, 3.63) is 35.4 Å². The van der Waals surface area contributed by atoms with E-state index in [0.29, 0.717) is 6.42 Å². The topological polar surface area (TPSA) is 26.0 Å². The molecule has 0 saturated heterocycles. The summed E-state index contributed by atoms with van der Waals surface area (Å²) in [5, 5.41) is 0. The van der Waals surface area contributed by atoms with Gasteiger partial charge in [-0.2, -0.15) is 0 Å². The zero-order valence-corrected chi connectivity index (χ0v) is 11.5. The van der Waals surface area contributed by atoms with Crippen molar-refractivity contribution in [2.24, 2.45) is 5.73 Å². The first-order valence-electron chi connectivity index (χ1n) is 6.51. The molecular formula is C15H23F2N. The molecule has 0 aliphatic heterocycles. The Balaban J connectivity index is 2.68. The molecule has 3 heteroatoms. The van der Waals surface area contributed by atoms with Gasteiger partial charge < -0.3 is 5.73 Å². The zero-order valence-electron chi connectivity index (χ0n) is 11.5. The van der Waals surface area contributed by atoms with Gasteiger partial charge in [-0.25, -0.2) is 8.78 Å². The van der Waals surface area contributed by atoms with Crippen molar-refractivity contribution in [2.75, 3.05) is 0 Å². The van der Waals surface area contributed by atoms with Crippen LogP contribution >= 0.6 is 0 Å². The van der Waals surface area contributed by atoms with E-state index in [0.717, 1.165) is 18.4 Å². The predicted molar refractivity (Wildman–Crippen MR) is 71.8 cm³/mol. The van der Waals surface area contributed by atoms with E-state index in [-0.39, 0.29) is 17.5 Å². The maximum Gasteiger partial charge on any atom is 0.273 e. The number of alkyl halides is 2. The minimum absolute atomic E-state index is 0.0951. The third-order valence-corrected chi connectivity index (χ3v) is 3.00. The van der Waals surface area contributed by atoms with E-state index < -0.39 is 5.92 Å². The average Bonchev–Trinajstić information content (AvgIpc) is 2.26. The highest BCUT2D eigenvalue weighted by molar-refractivity contribution is 5.26. The van der Waals surface area contributed by atoms with Crippen LogP contribution in [0.1, 0.15) is 51.2 Å². The summed E-state index contributed by atoms with van der Waals surface area (Å²) in [4.78, 5) is 0. The first kappa shape index (κ1) is 15.1. The van der Waals surface area contributed by atoms with Gasteiger partial charge in [0, 0.05) is 17.5 Å². The molecule has 0 aliphatic carbocycles. The van der Waals surface area contributed by atoms with Gasteiger partial charge in [0.25, 0.3) is 5.92 Å². The van der Waals surface area contributed by atoms with E-state index in [9.17, 15) is 8.78 Å². The number of hydrogen-bond donors (Lipinski definition) is 1. The maximum atomic E-state index is 13.6. The fourth-order valence-electron chi connectivity index (χ4n) is 1.84. The van der Waals surface area contributed by atoms with Crippen LogP contribution in [0.25, 0.3) is 0 Å². The van der Waals surface area contributed by atoms with Crippen LogP contribution in [-0.4, -0.2) is 5.54 Å². The molecule has 0 fully saturated rings. The Hall–Kier alpha value is -0.960. The molecule has 0 bridgehead atoms. The minimum atomic E-state index is -2.71. The van der Waals surface area contributed by atoms with Crippen molar-refractivity contribution in [1.29, 1.82) is 0 Å². The summed E-state index contributed by atoms with van der Waals surface area (Å²) in [5.74, 6) is -2.71. The molecule has 0 spiro atoms. The summed E-state index contributed by atoms with van der Waals surface area (Å²) in [7, 11) is 0. The van der Waals surface area contributed by atoms with Crippen LogP contribution in [-0.2, 0) is 12.3 Å². The second-order valence-corrected chi connectivity index (χ2v) is 5.64. The van der Waals surface area contributed by atoms with E-state index in [1.165, 1.54) is 12.1 Å². The molecule has 0 unspecified atom stereocenters. The van der Waals surface area contributed by atoms with E-state index in [2.05, 4.69) is 0 Å². The van der Waals surface area contributed by atoms with Crippen molar-refractivity contribution in [3.63, 3.8) is 0 Å². The molecule has 102 valence electrons. The summed E-state index contributed by atoms with van der Waals surface area (Å²) in [6.45, 7) is 5.71. The van der Waals surface area contributed by atoms with Crippen LogP contribution in [0.5, 0.6) is 0 Å². The third-order valence-electron chi connectivity index (χ3n) is 3.00. The van der Waals surface area contributed by atoms with Gasteiger partial charge in [-0.1, -0.05) is 37.6 Å². The predicted octanol–water partition coefficient (Wildman–Crippen LogP) is 4.25. The first-order chi connectivity index (χ1) is 8.24. The van der Waals surface area contributed by atoms with Gasteiger partial charge in [0.1, 0.15) is 0 Å². The maximum absolute atomic E-state index is 13.6. The third kappa shape index (κ3) is 4.73. The highest BCUT2D eigenvalue weighted by Crippen LogP contribution is 2.32. The van der Waals surface area contributed by atoms with Gasteiger partial charge in [0.05, 0.1) is 0 Å². The van der Waals surface area contributed by atoms with Crippen molar-refractivity contribution in [1.82, 2.24) is 0 Å². The lowest BCUT2D eigenvalue weighted by atomic mass is 9.95. The fraction of sp³-hybridized carbons (Fsp3) is 0.600. The molecular weight excluding hydrogens is 232 g/mol. The summed E-state index contributed by atoms with van der Waals surface area (Å²) >= 11 is 0. The smallest absolute Gasteiger partial charge is 0.273 e. The Labute approximate surface area is 108 Å². The van der Waals surface area contributed by atoms with Gasteiger partial charge in [-0.05, 0) is 32.3 Å². The van der Waals surface area contributed by atoms with E-state index in [4.69, 9.17) is 5.73 Å². The molecule has 0 amide bonds. The molecule has 1 rings (SSSR count). The minimum Gasteiger partial charge on any atom is -0.326 e. The van der Waals surface area contributed by atoms with Crippen molar-refractivity contribution in [2.45, 2.75) is 57.9 Å². The van der Waals surface area contributed by atoms with Crippen LogP contribution in [0.15, 0.2) is 24.3 Å². The Morgan fingerprint density at radius 2 is 1.61 bits per heavy atom. The molecule has 0 aromatic heterocycles. The van der Waals surface area contributed by atoms with Crippen LogP contribution in [0.2, 0.25) is 0 Å². The molecule has 0 heterocycles. The van der Waals surface area contributed by atoms with Crippen molar-refractivity contribution < 1.29 is 8.78 Å². The Morgan fingerprint density at radius 1 is 1.06 bits per heavy atom. The quantitative estimate of drug-likeness (QED) is 0.808. The second kappa shape index (κ2) is 5.79. The highest BCUT2D eigenvalue weighted by Gasteiger charge is 2.29. The zero-order chi connectivity index (χ0) is 13.8. The fourth-order valence-corrected chi connectivity index (χ4v) is 1.84. The normalized spacial score (nSPS) is 12.8. The number of hydrogen-bond acceptors (Lipinski definition) is 1. The molecule has 1 nitrogen and oxygen atoms in total. The second-order valence-electron chi connectivity index (χ2n) is 5.64. The standard InChI is InChI=1S/C15H23F2N/c1-4-10-15(16,17)13-7-5-12(6-8-13)9-11-14(2,3)18/h5-8H,4,9-11,18H2,1-3H3. The number of nitrogens with two attached hydrogens (primary N) is 1. The summed E-state index contributed by atoms with van der Waals surface area (Å²) < 4.78 is 27.3. The van der Waals surface area contributed by atoms with Gasteiger partial charge in [0.15, 0.2) is 0 Å². The molecule has 0 saturated carbocycles. The summed E-state index contributed by atoms with van der Waals surface area (Å²) in [6, 6.07) is 6.64. The van der Waals surface area contributed by atoms with Crippen molar-refractivity contribution in [3.8, 4) is 0 Å². The Bertz CT molecular complexity index is 363. The molecule has 0 atom stereocenters. The average molecular weight is 255 g/mol. The molecule has 2 N–H and O–H groups in total. The van der Waals surface area contributed by atoms with Gasteiger partial charge in [0.2, 0.25) is 0 Å². The van der Waals surface area contributed by atoms with Crippen LogP contribution in [0, 0.1) is 0 Å². The molecule has 1 aromatic carbocycles. The number of aryl methyl sites for hydroxylation is 1.